The molecule has 0 aliphatic rings. The summed E-state index contributed by atoms with van der Waals surface area (Å²) < 4.78 is 13.3. The van der Waals surface area contributed by atoms with Crippen LogP contribution in [0.1, 0.15) is 85.0 Å². The van der Waals surface area contributed by atoms with E-state index in [9.17, 15) is 4.39 Å². The first-order valence-corrected chi connectivity index (χ1v) is 11.0. The van der Waals surface area contributed by atoms with Crippen molar-refractivity contribution in [3.63, 3.8) is 0 Å². The molecule has 0 fully saturated rings. The van der Waals surface area contributed by atoms with Crippen LogP contribution in [-0.4, -0.2) is 17.7 Å². The van der Waals surface area contributed by atoms with Gasteiger partial charge in [-0.25, -0.2) is 4.39 Å². The highest BCUT2D eigenvalue weighted by atomic mass is 33.1. The van der Waals surface area contributed by atoms with Gasteiger partial charge in [0, 0.05) is 11.0 Å². The topological polar surface area (TPSA) is 0 Å². The number of unbranched alkanes of at least 4 members (excludes halogenated alkanes) is 6. The molecule has 3 heteroatoms. The summed E-state index contributed by atoms with van der Waals surface area (Å²) in [5, 5.41) is 0.225. The molecular formula is C17H35FS2. The van der Waals surface area contributed by atoms with Gasteiger partial charge >= 0.3 is 0 Å². The van der Waals surface area contributed by atoms with Crippen molar-refractivity contribution in [3.05, 3.63) is 0 Å². The van der Waals surface area contributed by atoms with Gasteiger partial charge in [0.15, 0.2) is 0 Å². The summed E-state index contributed by atoms with van der Waals surface area (Å²) in [6.07, 6.45) is 12.9. The average Bonchev–Trinajstić information content (AvgIpc) is 2.47. The number of hydrogen-bond donors (Lipinski definition) is 0. The van der Waals surface area contributed by atoms with E-state index in [0.29, 0.717) is 5.92 Å². The van der Waals surface area contributed by atoms with Crippen LogP contribution in [0.4, 0.5) is 4.39 Å². The predicted molar refractivity (Wildman–Crippen MR) is 96.5 cm³/mol. The van der Waals surface area contributed by atoms with Gasteiger partial charge in [0.05, 0.1) is 0 Å². The molecule has 0 amide bonds. The van der Waals surface area contributed by atoms with Crippen LogP contribution in [-0.2, 0) is 0 Å². The normalized spacial score (nSPS) is 13.1. The molecule has 0 heterocycles. The number of halogens is 1. The van der Waals surface area contributed by atoms with E-state index in [-0.39, 0.29) is 11.9 Å². The first kappa shape index (κ1) is 20.6. The van der Waals surface area contributed by atoms with E-state index < -0.39 is 0 Å². The lowest BCUT2D eigenvalue weighted by Crippen LogP contribution is -2.19. The minimum absolute atomic E-state index is 0.149. The molecule has 122 valence electrons. The van der Waals surface area contributed by atoms with Crippen molar-refractivity contribution in [2.45, 2.75) is 90.2 Å². The van der Waals surface area contributed by atoms with Gasteiger partial charge in [-0.1, -0.05) is 93.7 Å². The second-order valence-corrected chi connectivity index (χ2v) is 8.55. The highest BCUT2D eigenvalue weighted by molar-refractivity contribution is 8.76. The molecule has 0 aromatic heterocycles. The van der Waals surface area contributed by atoms with Gasteiger partial charge in [-0.3, -0.25) is 0 Å². The third-order valence-corrected chi connectivity index (χ3v) is 6.83. The highest BCUT2D eigenvalue weighted by Gasteiger charge is 2.21. The Kier molecular flexibility index (Phi) is 16.5. The molecule has 0 radical (unpaired) electrons. The smallest absolute Gasteiger partial charge is 0.102 e. The maximum absolute atomic E-state index is 13.3. The Hall–Kier alpha value is 0.630. The molecule has 0 nitrogen and oxygen atoms in total. The highest BCUT2D eigenvalue weighted by Crippen LogP contribution is 2.36. The van der Waals surface area contributed by atoms with Gasteiger partial charge in [0.25, 0.3) is 0 Å². The van der Waals surface area contributed by atoms with Gasteiger partial charge in [0.2, 0.25) is 0 Å². The van der Waals surface area contributed by atoms with Crippen molar-refractivity contribution in [1.29, 1.82) is 0 Å². The maximum atomic E-state index is 13.3. The molecule has 1 unspecified atom stereocenters. The van der Waals surface area contributed by atoms with Gasteiger partial charge < -0.3 is 0 Å². The van der Waals surface area contributed by atoms with Crippen molar-refractivity contribution in [2.24, 2.45) is 5.92 Å². The summed E-state index contributed by atoms with van der Waals surface area (Å²) >= 11 is 0. The van der Waals surface area contributed by atoms with Crippen molar-refractivity contribution in [2.75, 3.05) is 12.4 Å². The summed E-state index contributed by atoms with van der Waals surface area (Å²) in [6, 6.07) is 0. The molecule has 0 aliphatic carbocycles. The Morgan fingerprint density at radius 2 is 1.35 bits per heavy atom. The van der Waals surface area contributed by atoms with Crippen LogP contribution in [0.15, 0.2) is 0 Å². The second kappa shape index (κ2) is 16.0. The van der Waals surface area contributed by atoms with Crippen molar-refractivity contribution >= 4 is 21.6 Å². The van der Waals surface area contributed by atoms with E-state index >= 15 is 0 Å². The summed E-state index contributed by atoms with van der Waals surface area (Å²) in [5.74, 6) is 1.68. The lowest BCUT2D eigenvalue weighted by Gasteiger charge is -2.24. The van der Waals surface area contributed by atoms with Crippen LogP contribution in [0, 0.1) is 5.92 Å². The average molecular weight is 323 g/mol. The molecule has 20 heavy (non-hydrogen) atoms. The van der Waals surface area contributed by atoms with Crippen LogP contribution in [0.5, 0.6) is 0 Å². The van der Waals surface area contributed by atoms with Gasteiger partial charge in [-0.15, -0.1) is 0 Å². The van der Waals surface area contributed by atoms with E-state index in [1.807, 2.05) is 10.8 Å². The Balaban J connectivity index is 4.11. The fourth-order valence-corrected chi connectivity index (χ4v) is 4.92. The van der Waals surface area contributed by atoms with Crippen LogP contribution < -0.4 is 0 Å². The molecule has 0 bridgehead atoms. The Morgan fingerprint density at radius 3 is 1.75 bits per heavy atom. The molecule has 0 aliphatic heterocycles. The molecule has 0 rings (SSSR count). The Bertz CT molecular complexity index is 176. The summed E-state index contributed by atoms with van der Waals surface area (Å²) in [6.45, 7) is 6.51. The number of rotatable bonds is 15. The van der Waals surface area contributed by atoms with E-state index in [0.717, 1.165) is 5.75 Å². The predicted octanol–water partition coefficient (Wildman–Crippen LogP) is 7.28. The maximum Gasteiger partial charge on any atom is 0.102 e. The van der Waals surface area contributed by atoms with Crippen LogP contribution in [0.25, 0.3) is 0 Å². The van der Waals surface area contributed by atoms with Crippen molar-refractivity contribution in [3.8, 4) is 0 Å². The van der Waals surface area contributed by atoms with Crippen LogP contribution in [0.2, 0.25) is 0 Å². The molecule has 0 aromatic rings. The third-order valence-electron chi connectivity index (χ3n) is 3.84. The Labute approximate surface area is 134 Å². The lowest BCUT2D eigenvalue weighted by molar-refractivity contribution is 0.345. The molecular weight excluding hydrogens is 287 g/mol. The zero-order valence-electron chi connectivity index (χ0n) is 13.8. The quantitative estimate of drug-likeness (QED) is 0.229. The minimum atomic E-state index is -0.149. The lowest BCUT2D eigenvalue weighted by atomic mass is 9.92. The van der Waals surface area contributed by atoms with E-state index in [1.54, 1.807) is 10.8 Å². The molecule has 0 spiro atoms. The first-order valence-electron chi connectivity index (χ1n) is 8.64. The minimum Gasteiger partial charge on any atom is -0.250 e. The van der Waals surface area contributed by atoms with E-state index in [2.05, 4.69) is 20.8 Å². The summed E-state index contributed by atoms with van der Waals surface area (Å²) in [5.41, 5.74) is 0. The molecule has 0 N–H and O–H groups in total. The van der Waals surface area contributed by atoms with Crippen LogP contribution in [0.3, 0.4) is 0 Å². The molecule has 0 aromatic carbocycles. The Morgan fingerprint density at radius 1 is 0.800 bits per heavy atom. The van der Waals surface area contributed by atoms with E-state index in [4.69, 9.17) is 0 Å². The summed E-state index contributed by atoms with van der Waals surface area (Å²) in [4.78, 5) is 0. The largest absolute Gasteiger partial charge is 0.250 e. The summed E-state index contributed by atoms with van der Waals surface area (Å²) in [7, 11) is 3.63. The second-order valence-electron chi connectivity index (χ2n) is 5.65. The zero-order valence-corrected chi connectivity index (χ0v) is 15.5. The molecule has 0 saturated carbocycles. The fourth-order valence-electron chi connectivity index (χ4n) is 2.57. The SMILES string of the molecule is CCCCCCC(CCCCCC)C(CF)SSCC. The van der Waals surface area contributed by atoms with Gasteiger partial charge in [0.1, 0.15) is 6.67 Å². The fraction of sp³-hybridized carbons (Fsp3) is 1.00. The molecule has 1 atom stereocenters. The monoisotopic (exact) mass is 322 g/mol. The van der Waals surface area contributed by atoms with Gasteiger partial charge in [-0.05, 0) is 18.8 Å². The third kappa shape index (κ3) is 11.3. The van der Waals surface area contributed by atoms with Gasteiger partial charge in [-0.2, -0.15) is 0 Å². The van der Waals surface area contributed by atoms with Crippen molar-refractivity contribution < 1.29 is 4.39 Å². The van der Waals surface area contributed by atoms with Crippen molar-refractivity contribution in [1.82, 2.24) is 0 Å². The number of hydrogen-bond acceptors (Lipinski definition) is 2. The molecule has 0 saturated heterocycles. The zero-order chi connectivity index (χ0) is 15.1. The van der Waals surface area contributed by atoms with Crippen LogP contribution >= 0.6 is 21.6 Å². The van der Waals surface area contributed by atoms with E-state index in [1.165, 1.54) is 64.2 Å². The first-order chi connectivity index (χ1) is 9.79. The standard InChI is InChI=1S/C17H35FS2/c1-4-7-9-11-13-16(14-12-10-8-5-2)17(15-18)20-19-6-3/h16-17H,4-15H2,1-3H3. The number of alkyl halides is 1.